The van der Waals surface area contributed by atoms with Crippen LogP contribution in [-0.4, -0.2) is 45.7 Å². The third-order valence-corrected chi connectivity index (χ3v) is 6.16. The number of carbonyl (C=O) groups is 3. The molecule has 0 saturated heterocycles. The zero-order valence-electron chi connectivity index (χ0n) is 21.3. The normalized spacial score (nSPS) is 11.5. The Labute approximate surface area is 216 Å². The molecular formula is C28H34N4O5. The molecule has 9 nitrogen and oxygen atoms in total. The Balaban J connectivity index is 1.80. The van der Waals surface area contributed by atoms with Gasteiger partial charge in [0.15, 0.2) is 0 Å². The van der Waals surface area contributed by atoms with Crippen LogP contribution in [-0.2, 0) is 28.9 Å². The Morgan fingerprint density at radius 2 is 1.76 bits per heavy atom. The molecule has 0 radical (unpaired) electrons. The second-order valence-corrected chi connectivity index (χ2v) is 8.87. The molecule has 3 N–H and O–H groups in total. The highest BCUT2D eigenvalue weighted by Crippen LogP contribution is 2.16. The molecule has 0 aliphatic heterocycles. The van der Waals surface area contributed by atoms with Crippen molar-refractivity contribution < 1.29 is 24.3 Å². The molecule has 1 heterocycles. The van der Waals surface area contributed by atoms with Crippen LogP contribution in [0.25, 0.3) is 0 Å². The number of nitrogens with one attached hydrogen (secondary N) is 2. The lowest BCUT2D eigenvalue weighted by atomic mass is 10.0. The smallest absolute Gasteiger partial charge is 0.337 e. The largest absolute Gasteiger partial charge is 0.465 e. The zero-order valence-corrected chi connectivity index (χ0v) is 21.3. The summed E-state index contributed by atoms with van der Waals surface area (Å²) in [5.74, 6) is -0.532. The van der Waals surface area contributed by atoms with Crippen LogP contribution in [0.1, 0.15) is 70.4 Å². The van der Waals surface area contributed by atoms with Crippen LogP contribution < -0.4 is 10.8 Å². The summed E-state index contributed by atoms with van der Waals surface area (Å²) in [5, 5.41) is 12.0. The van der Waals surface area contributed by atoms with E-state index in [2.05, 4.69) is 17.2 Å². The van der Waals surface area contributed by atoms with Gasteiger partial charge in [-0.15, -0.1) is 0 Å². The molecule has 37 heavy (non-hydrogen) atoms. The van der Waals surface area contributed by atoms with Gasteiger partial charge < -0.3 is 14.6 Å². The third-order valence-electron chi connectivity index (χ3n) is 6.16. The van der Waals surface area contributed by atoms with Crippen LogP contribution in [0.2, 0.25) is 0 Å². The van der Waals surface area contributed by atoms with Crippen molar-refractivity contribution in [2.45, 2.75) is 58.0 Å². The van der Waals surface area contributed by atoms with Gasteiger partial charge in [-0.1, -0.05) is 55.8 Å². The molecule has 0 unspecified atom stereocenters. The average Bonchev–Trinajstić information content (AvgIpc) is 3.33. The number of ether oxygens (including phenoxy) is 1. The lowest BCUT2D eigenvalue weighted by molar-refractivity contribution is -0.129. The predicted molar refractivity (Wildman–Crippen MR) is 138 cm³/mol. The van der Waals surface area contributed by atoms with Crippen molar-refractivity contribution >= 4 is 17.8 Å². The summed E-state index contributed by atoms with van der Waals surface area (Å²) in [4.78, 5) is 41.6. The van der Waals surface area contributed by atoms with Crippen LogP contribution in [0, 0.1) is 0 Å². The van der Waals surface area contributed by atoms with Crippen molar-refractivity contribution in [3.8, 4) is 0 Å². The van der Waals surface area contributed by atoms with Gasteiger partial charge in [0.25, 0.3) is 5.91 Å². The highest BCUT2D eigenvalue weighted by Gasteiger charge is 2.22. The Kier molecular flexibility index (Phi) is 10.4. The maximum Gasteiger partial charge on any atom is 0.337 e. The Bertz CT molecular complexity index is 1180. The molecular weight excluding hydrogens is 472 g/mol. The molecule has 0 fully saturated rings. The van der Waals surface area contributed by atoms with Crippen LogP contribution in [0.4, 0.5) is 0 Å². The molecule has 196 valence electrons. The standard InChI is InChI=1S/C28H34N4O5/c1-3-4-10-25-29-18-24(32(25)19-21-11-14-22(15-12-21)28(35)37-2)27(34)30-23(17-26(33)31-36)16-13-20-8-6-5-7-9-20/h5-9,11-12,14-15,18,23,36H,3-4,10,13,16-17,19H2,1-2H3,(H,30,34)(H,31,33)/t23-/m1/s1. The lowest BCUT2D eigenvalue weighted by Gasteiger charge is -2.19. The first-order valence-corrected chi connectivity index (χ1v) is 12.4. The highest BCUT2D eigenvalue weighted by molar-refractivity contribution is 5.93. The number of aromatic nitrogens is 2. The van der Waals surface area contributed by atoms with Gasteiger partial charge in [-0.2, -0.15) is 0 Å². The molecule has 1 aromatic heterocycles. The molecule has 0 saturated carbocycles. The van der Waals surface area contributed by atoms with Gasteiger partial charge in [-0.3, -0.25) is 14.8 Å². The summed E-state index contributed by atoms with van der Waals surface area (Å²) in [7, 11) is 1.34. The molecule has 9 heteroatoms. The fourth-order valence-corrected chi connectivity index (χ4v) is 4.09. The van der Waals surface area contributed by atoms with Gasteiger partial charge in [0, 0.05) is 25.4 Å². The minimum Gasteiger partial charge on any atom is -0.465 e. The molecule has 0 aliphatic rings. The quantitative estimate of drug-likeness (QED) is 0.185. The summed E-state index contributed by atoms with van der Waals surface area (Å²) in [6, 6.07) is 16.3. The lowest BCUT2D eigenvalue weighted by Crippen LogP contribution is -2.40. The van der Waals surface area contributed by atoms with Crippen molar-refractivity contribution in [2.75, 3.05) is 7.11 Å². The van der Waals surface area contributed by atoms with E-state index in [1.807, 2.05) is 47.0 Å². The van der Waals surface area contributed by atoms with E-state index < -0.39 is 17.9 Å². The van der Waals surface area contributed by atoms with Gasteiger partial charge in [0.05, 0.1) is 18.9 Å². The molecule has 2 amide bonds. The van der Waals surface area contributed by atoms with Crippen molar-refractivity contribution in [1.82, 2.24) is 20.3 Å². The van der Waals surface area contributed by atoms with Crippen molar-refractivity contribution in [1.29, 1.82) is 0 Å². The number of amides is 2. The number of rotatable bonds is 13. The maximum atomic E-state index is 13.4. The van der Waals surface area contributed by atoms with Crippen molar-refractivity contribution in [2.24, 2.45) is 0 Å². The summed E-state index contributed by atoms with van der Waals surface area (Å²) < 4.78 is 6.64. The van der Waals surface area contributed by atoms with E-state index in [0.717, 1.165) is 29.8 Å². The van der Waals surface area contributed by atoms with E-state index in [-0.39, 0.29) is 12.3 Å². The maximum absolute atomic E-state index is 13.4. The molecule has 0 spiro atoms. The number of hydroxylamine groups is 1. The monoisotopic (exact) mass is 506 g/mol. The van der Waals surface area contributed by atoms with Crippen LogP contribution in [0.15, 0.2) is 60.8 Å². The molecule has 3 rings (SSSR count). The number of hydrogen-bond acceptors (Lipinski definition) is 6. The first-order valence-electron chi connectivity index (χ1n) is 12.4. The molecule has 1 atom stereocenters. The Morgan fingerprint density at radius 3 is 2.41 bits per heavy atom. The number of benzene rings is 2. The molecule has 0 bridgehead atoms. The predicted octanol–water partition coefficient (Wildman–Crippen LogP) is 3.69. The second kappa shape index (κ2) is 13.9. The number of imidazole rings is 1. The fraction of sp³-hybridized carbons (Fsp3) is 0.357. The van der Waals surface area contributed by atoms with Gasteiger partial charge in [-0.05, 0) is 42.5 Å². The number of esters is 1. The molecule has 2 aromatic carbocycles. The van der Waals surface area contributed by atoms with E-state index in [9.17, 15) is 14.4 Å². The Morgan fingerprint density at radius 1 is 1.03 bits per heavy atom. The zero-order chi connectivity index (χ0) is 26.6. The summed E-state index contributed by atoms with van der Waals surface area (Å²) in [6.07, 6.45) is 5.32. The van der Waals surface area contributed by atoms with Crippen molar-refractivity contribution in [3.05, 3.63) is 89.0 Å². The SMILES string of the molecule is CCCCc1ncc(C(=O)N[C@H](CCc2ccccc2)CC(=O)NO)n1Cc1ccc(C(=O)OC)cc1. The van der Waals surface area contributed by atoms with Gasteiger partial charge in [0.1, 0.15) is 11.5 Å². The highest BCUT2D eigenvalue weighted by atomic mass is 16.5. The number of nitrogens with zero attached hydrogens (tertiary/aromatic N) is 2. The summed E-state index contributed by atoms with van der Waals surface area (Å²) >= 11 is 0. The van der Waals surface area contributed by atoms with E-state index in [4.69, 9.17) is 9.94 Å². The molecule has 0 aliphatic carbocycles. The fourth-order valence-electron chi connectivity index (χ4n) is 4.09. The number of hydrogen-bond donors (Lipinski definition) is 3. The molecule has 3 aromatic rings. The first-order chi connectivity index (χ1) is 17.9. The topological polar surface area (TPSA) is 123 Å². The van der Waals surface area contributed by atoms with Gasteiger partial charge >= 0.3 is 5.97 Å². The van der Waals surface area contributed by atoms with Crippen LogP contribution in [0.5, 0.6) is 0 Å². The number of aryl methyl sites for hydroxylation is 2. The number of methoxy groups -OCH3 is 1. The number of carbonyl (C=O) groups excluding carboxylic acids is 3. The number of unbranched alkanes of at least 4 members (excludes halogenated alkanes) is 1. The first kappa shape index (κ1) is 27.6. The van der Waals surface area contributed by atoms with E-state index >= 15 is 0 Å². The average molecular weight is 507 g/mol. The summed E-state index contributed by atoms with van der Waals surface area (Å²) in [6.45, 7) is 2.49. The van der Waals surface area contributed by atoms with E-state index in [1.54, 1.807) is 23.8 Å². The van der Waals surface area contributed by atoms with E-state index in [1.165, 1.54) is 7.11 Å². The minimum absolute atomic E-state index is 0.0547. The van der Waals surface area contributed by atoms with Gasteiger partial charge in [-0.25, -0.2) is 15.3 Å². The summed E-state index contributed by atoms with van der Waals surface area (Å²) in [5.41, 5.74) is 4.48. The van der Waals surface area contributed by atoms with E-state index in [0.29, 0.717) is 37.1 Å². The second-order valence-electron chi connectivity index (χ2n) is 8.87. The van der Waals surface area contributed by atoms with Crippen molar-refractivity contribution in [3.63, 3.8) is 0 Å². The third kappa shape index (κ3) is 8.01. The van der Waals surface area contributed by atoms with Crippen LogP contribution in [0.3, 0.4) is 0 Å². The Hall–Kier alpha value is -3.98. The van der Waals surface area contributed by atoms with Gasteiger partial charge in [0.2, 0.25) is 5.91 Å². The van der Waals surface area contributed by atoms with Crippen LogP contribution >= 0.6 is 0 Å². The minimum atomic E-state index is -0.568.